The van der Waals surface area contributed by atoms with Gasteiger partial charge < -0.3 is 0 Å². The van der Waals surface area contributed by atoms with Crippen molar-refractivity contribution in [2.75, 3.05) is 11.5 Å². The van der Waals surface area contributed by atoms with Crippen LogP contribution in [0.25, 0.3) is 0 Å². The fourth-order valence-corrected chi connectivity index (χ4v) is 11.3. The third-order valence-electron chi connectivity index (χ3n) is 4.24. The van der Waals surface area contributed by atoms with Gasteiger partial charge in [0.1, 0.15) is 0 Å². The third-order valence-corrected chi connectivity index (χ3v) is 12.8. The summed E-state index contributed by atoms with van der Waals surface area (Å²) in [5.74, 6) is 9.00. The summed E-state index contributed by atoms with van der Waals surface area (Å²) in [4.78, 5) is 1.07. The van der Waals surface area contributed by atoms with Gasteiger partial charge in [0, 0.05) is 17.1 Å². The third kappa shape index (κ3) is 3.71. The van der Waals surface area contributed by atoms with E-state index >= 15 is 0 Å². The van der Waals surface area contributed by atoms with Gasteiger partial charge in [-0.05, 0) is 39.2 Å². The molecule has 2 nitrogen and oxygen atoms in total. The van der Waals surface area contributed by atoms with Crippen LogP contribution in [0.2, 0.25) is 0 Å². The molecule has 0 bridgehead atoms. The molecule has 0 aliphatic carbocycles. The second-order valence-corrected chi connectivity index (χ2v) is 14.3. The average Bonchev–Trinajstić information content (AvgIpc) is 3.26. The molecule has 137 valence electrons. The zero-order valence-corrected chi connectivity index (χ0v) is 19.8. The SMILES string of the molecule is CC1(C)C=C(C#CC2=CSC(=C3SC4=C(SCCS4)S3)S2)C(C)(C)N1[O]. The summed E-state index contributed by atoms with van der Waals surface area (Å²) in [7, 11) is 0. The van der Waals surface area contributed by atoms with Crippen LogP contribution in [0.4, 0.5) is 0 Å². The van der Waals surface area contributed by atoms with Crippen LogP contribution >= 0.6 is 70.6 Å². The van der Waals surface area contributed by atoms with E-state index in [-0.39, 0.29) is 0 Å². The summed E-state index contributed by atoms with van der Waals surface area (Å²) >= 11 is 11.3. The summed E-state index contributed by atoms with van der Waals surface area (Å²) in [6, 6.07) is 0. The van der Waals surface area contributed by atoms with Gasteiger partial charge in [0.2, 0.25) is 0 Å². The second kappa shape index (κ2) is 7.42. The molecule has 4 aliphatic heterocycles. The molecule has 4 rings (SSSR count). The monoisotopic (exact) mass is 456 g/mol. The second-order valence-electron chi connectivity index (χ2n) is 7.07. The zero-order valence-electron chi connectivity index (χ0n) is 14.9. The predicted octanol–water partition coefficient (Wildman–Crippen LogP) is 6.67. The summed E-state index contributed by atoms with van der Waals surface area (Å²) in [6.45, 7) is 7.78. The molecule has 0 amide bonds. The Morgan fingerprint density at radius 1 is 0.923 bits per heavy atom. The van der Waals surface area contributed by atoms with Gasteiger partial charge >= 0.3 is 0 Å². The molecule has 0 saturated heterocycles. The van der Waals surface area contributed by atoms with E-state index in [0.29, 0.717) is 0 Å². The van der Waals surface area contributed by atoms with Crippen molar-refractivity contribution in [3.05, 3.63) is 38.9 Å². The van der Waals surface area contributed by atoms with E-state index in [9.17, 15) is 5.21 Å². The van der Waals surface area contributed by atoms with Crippen molar-refractivity contribution < 1.29 is 5.21 Å². The lowest BCUT2D eigenvalue weighted by Gasteiger charge is -2.32. The van der Waals surface area contributed by atoms with Crippen LogP contribution in [0.5, 0.6) is 0 Å². The van der Waals surface area contributed by atoms with E-state index in [1.54, 1.807) is 23.5 Å². The first-order chi connectivity index (χ1) is 12.3. The molecule has 0 fully saturated rings. The molecule has 0 spiro atoms. The Bertz CT molecular complexity index is 819. The Morgan fingerprint density at radius 3 is 2.15 bits per heavy atom. The molecule has 1 radical (unpaired) electrons. The average molecular weight is 457 g/mol. The van der Waals surface area contributed by atoms with E-state index in [1.165, 1.54) is 28.5 Å². The molecule has 0 aromatic heterocycles. The number of hydrogen-bond donors (Lipinski definition) is 0. The minimum absolute atomic E-state index is 0.496. The first-order valence-corrected chi connectivity index (χ1v) is 13.4. The van der Waals surface area contributed by atoms with E-state index < -0.39 is 11.1 Å². The molecule has 0 atom stereocenters. The number of nitrogens with zero attached hydrogens (tertiary/aromatic N) is 1. The molecule has 0 saturated carbocycles. The first-order valence-electron chi connectivity index (χ1n) is 8.15. The molecular weight excluding hydrogens is 439 g/mol. The van der Waals surface area contributed by atoms with Crippen LogP contribution in [0.1, 0.15) is 27.7 Å². The topological polar surface area (TPSA) is 23.1 Å². The normalized spacial score (nSPS) is 27.3. The Balaban J connectivity index is 1.47. The van der Waals surface area contributed by atoms with Crippen LogP contribution in [-0.4, -0.2) is 27.6 Å². The van der Waals surface area contributed by atoms with Crippen molar-refractivity contribution in [2.24, 2.45) is 0 Å². The highest BCUT2D eigenvalue weighted by atomic mass is 32.3. The Hall–Kier alpha value is 0.540. The standard InChI is InChI=1S/C18H18NOS6/c1-17(2)9-11(18(3,4)19(17)20)5-6-12-10-23-15(24-12)16-25-13-14(26-16)22-8-7-21-13/h9-10H,7-8H2,1-4H3. The maximum atomic E-state index is 12.5. The first kappa shape index (κ1) is 19.8. The van der Waals surface area contributed by atoms with E-state index in [4.69, 9.17) is 0 Å². The number of allylic oxidation sites excluding steroid dienone is 1. The van der Waals surface area contributed by atoms with Gasteiger partial charge in [0.05, 0.1) is 32.9 Å². The predicted molar refractivity (Wildman–Crippen MR) is 124 cm³/mol. The summed E-state index contributed by atoms with van der Waals surface area (Å²) in [5, 5.41) is 15.7. The van der Waals surface area contributed by atoms with E-state index in [0.717, 1.165) is 15.5 Å². The maximum Gasteiger partial charge on any atom is 0.0771 e. The molecule has 26 heavy (non-hydrogen) atoms. The molecule has 0 unspecified atom stereocenters. The highest BCUT2D eigenvalue weighted by molar-refractivity contribution is 8.43. The minimum Gasteiger partial charge on any atom is -0.135 e. The van der Waals surface area contributed by atoms with Crippen molar-refractivity contribution >= 4 is 70.6 Å². The fourth-order valence-electron chi connectivity index (χ4n) is 2.94. The van der Waals surface area contributed by atoms with Crippen molar-refractivity contribution in [2.45, 2.75) is 38.8 Å². The molecule has 8 heteroatoms. The number of hydroxylamine groups is 2. The lowest BCUT2D eigenvalue weighted by atomic mass is 9.97. The highest BCUT2D eigenvalue weighted by Crippen LogP contribution is 2.63. The van der Waals surface area contributed by atoms with E-state index in [1.807, 2.05) is 80.8 Å². The van der Waals surface area contributed by atoms with Crippen LogP contribution in [0.15, 0.2) is 38.9 Å². The van der Waals surface area contributed by atoms with Gasteiger partial charge in [-0.15, -0.1) is 33.8 Å². The van der Waals surface area contributed by atoms with Crippen LogP contribution in [0, 0.1) is 11.8 Å². The summed E-state index contributed by atoms with van der Waals surface area (Å²) in [6.07, 6.45) is 2.01. The van der Waals surface area contributed by atoms with Crippen LogP contribution in [-0.2, 0) is 5.21 Å². The molecule has 4 heterocycles. The zero-order chi connectivity index (χ0) is 18.5. The molecule has 0 aromatic carbocycles. The molecule has 4 aliphatic rings. The number of hydrogen-bond acceptors (Lipinski definition) is 7. The lowest BCUT2D eigenvalue weighted by molar-refractivity contribution is -0.237. The minimum atomic E-state index is -0.566. The Morgan fingerprint density at radius 2 is 1.58 bits per heavy atom. The fraction of sp³-hybridized carbons (Fsp3) is 0.444. The van der Waals surface area contributed by atoms with Gasteiger partial charge in [-0.25, -0.2) is 0 Å². The smallest absolute Gasteiger partial charge is 0.0771 e. The van der Waals surface area contributed by atoms with Crippen LogP contribution in [0.3, 0.4) is 0 Å². The van der Waals surface area contributed by atoms with Crippen LogP contribution < -0.4 is 0 Å². The van der Waals surface area contributed by atoms with Gasteiger partial charge in [-0.3, -0.25) is 0 Å². The van der Waals surface area contributed by atoms with Crippen molar-refractivity contribution in [1.29, 1.82) is 0 Å². The molecule has 0 N–H and O–H groups in total. The Kier molecular flexibility index (Phi) is 5.66. The lowest BCUT2D eigenvalue weighted by Crippen LogP contribution is -2.46. The van der Waals surface area contributed by atoms with Crippen molar-refractivity contribution in [3.63, 3.8) is 0 Å². The van der Waals surface area contributed by atoms with Crippen molar-refractivity contribution in [1.82, 2.24) is 5.06 Å². The van der Waals surface area contributed by atoms with Gasteiger partial charge in [-0.2, -0.15) is 0 Å². The van der Waals surface area contributed by atoms with Gasteiger partial charge in [0.25, 0.3) is 0 Å². The number of thioether (sulfide) groups is 6. The summed E-state index contributed by atoms with van der Waals surface area (Å²) in [5.41, 5.74) is -0.146. The molecular formula is C18H18NOS6. The van der Waals surface area contributed by atoms with Gasteiger partial charge in [0.15, 0.2) is 0 Å². The number of rotatable bonds is 0. The Labute approximate surface area is 180 Å². The quantitative estimate of drug-likeness (QED) is 0.375. The molecule has 0 aromatic rings. The van der Waals surface area contributed by atoms with E-state index in [2.05, 4.69) is 17.2 Å². The van der Waals surface area contributed by atoms with Gasteiger partial charge in [-0.1, -0.05) is 58.9 Å². The maximum absolute atomic E-state index is 12.5. The largest absolute Gasteiger partial charge is 0.135 e. The summed E-state index contributed by atoms with van der Waals surface area (Å²) < 4.78 is 5.69. The van der Waals surface area contributed by atoms with Crippen molar-refractivity contribution in [3.8, 4) is 11.8 Å². The highest BCUT2D eigenvalue weighted by Gasteiger charge is 2.46.